The fourth-order valence-electron chi connectivity index (χ4n) is 1.40. The quantitative estimate of drug-likeness (QED) is 0.414. The molecule has 0 aromatic carbocycles. The van der Waals surface area contributed by atoms with Crippen LogP contribution in [-0.4, -0.2) is 60.7 Å². The van der Waals surface area contributed by atoms with Crippen molar-refractivity contribution in [3.05, 3.63) is 0 Å². The van der Waals surface area contributed by atoms with Crippen LogP contribution >= 0.6 is 0 Å². The number of carbonyl (C=O) groups is 1. The lowest BCUT2D eigenvalue weighted by Crippen LogP contribution is -2.61. The summed E-state index contributed by atoms with van der Waals surface area (Å²) in [6, 6.07) is 0.721. The molecule has 0 aliphatic rings. The second-order valence-corrected chi connectivity index (χ2v) is 4.19. The first kappa shape index (κ1) is 15.5. The summed E-state index contributed by atoms with van der Waals surface area (Å²) in [5.41, 5.74) is 0. The number of carbonyl (C=O) groups excluding carboxylic acids is 1. The Balaban J connectivity index is 4.86. The number of ether oxygens (including phenoxy) is 3. The molecular formula is C9H21NO5Si. The van der Waals surface area contributed by atoms with Crippen molar-refractivity contribution in [2.24, 2.45) is 0 Å². The Labute approximate surface area is 98.7 Å². The normalized spacial score (nSPS) is 15.8. The van der Waals surface area contributed by atoms with Crippen molar-refractivity contribution < 1.29 is 24.1 Å². The second-order valence-electron chi connectivity index (χ2n) is 3.37. The molecule has 0 radical (unpaired) electrons. The van der Waals surface area contributed by atoms with E-state index >= 15 is 0 Å². The molecular weight excluding hydrogens is 230 g/mol. The van der Waals surface area contributed by atoms with Crippen LogP contribution in [0.1, 0.15) is 6.92 Å². The highest BCUT2D eigenvalue weighted by Gasteiger charge is 2.41. The first-order valence-electron chi connectivity index (χ1n) is 5.10. The average Bonchev–Trinajstić information content (AvgIpc) is 2.28. The van der Waals surface area contributed by atoms with Crippen molar-refractivity contribution in [2.75, 3.05) is 21.3 Å². The number of hydrogen-bond donors (Lipinski definition) is 2. The van der Waals surface area contributed by atoms with Crippen LogP contribution in [0.25, 0.3) is 0 Å². The summed E-state index contributed by atoms with van der Waals surface area (Å²) in [6.07, 6.45) is -1.53. The van der Waals surface area contributed by atoms with Crippen LogP contribution in [0.4, 0.5) is 0 Å². The minimum atomic E-state index is -1.34. The Morgan fingerprint density at radius 2 is 1.94 bits per heavy atom. The van der Waals surface area contributed by atoms with Crippen LogP contribution in [0.3, 0.4) is 0 Å². The van der Waals surface area contributed by atoms with Gasteiger partial charge in [0.2, 0.25) is 0 Å². The van der Waals surface area contributed by atoms with Crippen molar-refractivity contribution >= 4 is 16.1 Å². The topological polar surface area (TPSA) is 77.0 Å². The number of rotatable bonds is 7. The third-order valence-electron chi connectivity index (χ3n) is 2.36. The lowest BCUT2D eigenvalue weighted by Gasteiger charge is -2.37. The van der Waals surface area contributed by atoms with Gasteiger partial charge in [0.25, 0.3) is 11.8 Å². The van der Waals surface area contributed by atoms with E-state index in [1.54, 1.807) is 0 Å². The van der Waals surface area contributed by atoms with Crippen molar-refractivity contribution in [2.45, 2.75) is 31.1 Å². The van der Waals surface area contributed by atoms with E-state index in [0.29, 0.717) is 0 Å². The SMILES string of the molecule is COC(C[SiH3])C(NC(=O)C(C)O)(OC)OC. The smallest absolute Gasteiger partial charge is 0.278 e. The Bertz CT molecular complexity index is 216. The number of amides is 1. The van der Waals surface area contributed by atoms with Gasteiger partial charge in [0.15, 0.2) is 0 Å². The van der Waals surface area contributed by atoms with Crippen LogP contribution < -0.4 is 5.32 Å². The predicted molar refractivity (Wildman–Crippen MR) is 62.1 cm³/mol. The van der Waals surface area contributed by atoms with Gasteiger partial charge < -0.3 is 24.6 Å². The van der Waals surface area contributed by atoms with Gasteiger partial charge in [-0.15, -0.1) is 0 Å². The summed E-state index contributed by atoms with van der Waals surface area (Å²) < 4.78 is 15.6. The zero-order valence-corrected chi connectivity index (χ0v) is 12.4. The van der Waals surface area contributed by atoms with Crippen molar-refractivity contribution in [1.29, 1.82) is 0 Å². The number of hydrogen-bond acceptors (Lipinski definition) is 5. The minimum Gasteiger partial charge on any atom is -0.384 e. The largest absolute Gasteiger partial charge is 0.384 e. The molecule has 2 atom stereocenters. The van der Waals surface area contributed by atoms with Crippen LogP contribution in [0, 0.1) is 0 Å². The third-order valence-corrected chi connectivity index (χ3v) is 3.10. The second kappa shape index (κ2) is 6.97. The van der Waals surface area contributed by atoms with Crippen LogP contribution in [-0.2, 0) is 19.0 Å². The molecule has 0 heterocycles. The van der Waals surface area contributed by atoms with Gasteiger partial charge in [0.05, 0.1) is 0 Å². The maximum Gasteiger partial charge on any atom is 0.278 e. The Kier molecular flexibility index (Phi) is 6.76. The van der Waals surface area contributed by atoms with E-state index in [2.05, 4.69) is 5.32 Å². The number of aliphatic hydroxyl groups excluding tert-OH is 1. The Hall–Kier alpha value is -0.473. The molecule has 0 saturated carbocycles. The van der Waals surface area contributed by atoms with E-state index in [1.807, 2.05) is 0 Å². The summed E-state index contributed by atoms with van der Waals surface area (Å²) >= 11 is 0. The highest BCUT2D eigenvalue weighted by atomic mass is 28.1. The highest BCUT2D eigenvalue weighted by molar-refractivity contribution is 6.09. The van der Waals surface area contributed by atoms with Gasteiger partial charge in [-0.25, -0.2) is 0 Å². The summed E-state index contributed by atoms with van der Waals surface area (Å²) in [6.45, 7) is 1.37. The molecule has 0 aromatic rings. The monoisotopic (exact) mass is 251 g/mol. The highest BCUT2D eigenvalue weighted by Crippen LogP contribution is 2.18. The van der Waals surface area contributed by atoms with Crippen LogP contribution in [0.15, 0.2) is 0 Å². The van der Waals surface area contributed by atoms with Crippen LogP contribution in [0.5, 0.6) is 0 Å². The molecule has 2 unspecified atom stereocenters. The fraction of sp³-hybridized carbons (Fsp3) is 0.889. The molecule has 0 saturated heterocycles. The van der Waals surface area contributed by atoms with Gasteiger partial charge in [0, 0.05) is 31.6 Å². The molecule has 0 aliphatic heterocycles. The lowest BCUT2D eigenvalue weighted by atomic mass is 10.2. The molecule has 1 amide bonds. The zero-order chi connectivity index (χ0) is 12.8. The lowest BCUT2D eigenvalue weighted by molar-refractivity contribution is -0.276. The van der Waals surface area contributed by atoms with Gasteiger partial charge in [0.1, 0.15) is 12.2 Å². The van der Waals surface area contributed by atoms with Gasteiger partial charge in [-0.05, 0) is 13.0 Å². The van der Waals surface area contributed by atoms with E-state index in [9.17, 15) is 4.79 Å². The fourth-order valence-corrected chi connectivity index (χ4v) is 2.27. The van der Waals surface area contributed by atoms with Crippen LogP contribution in [0.2, 0.25) is 6.04 Å². The van der Waals surface area contributed by atoms with Gasteiger partial charge >= 0.3 is 0 Å². The molecule has 96 valence electrons. The van der Waals surface area contributed by atoms with Crippen molar-refractivity contribution in [3.63, 3.8) is 0 Å². The summed E-state index contributed by atoms with van der Waals surface area (Å²) in [5.74, 6) is -1.91. The van der Waals surface area contributed by atoms with Crippen molar-refractivity contribution in [3.8, 4) is 0 Å². The van der Waals surface area contributed by atoms with E-state index in [4.69, 9.17) is 19.3 Å². The maximum absolute atomic E-state index is 11.4. The molecule has 0 aliphatic carbocycles. The molecule has 0 fully saturated rings. The van der Waals surface area contributed by atoms with Gasteiger partial charge in [-0.3, -0.25) is 4.79 Å². The van der Waals surface area contributed by atoms with Gasteiger partial charge in [-0.2, -0.15) is 0 Å². The minimum absolute atomic E-state index is 0.406. The summed E-state index contributed by atoms with van der Waals surface area (Å²) in [7, 11) is 5.21. The summed E-state index contributed by atoms with van der Waals surface area (Å²) in [4.78, 5) is 11.4. The Morgan fingerprint density at radius 1 is 1.44 bits per heavy atom. The molecule has 0 bridgehead atoms. The third kappa shape index (κ3) is 3.53. The first-order valence-corrected chi connectivity index (χ1v) is 6.52. The molecule has 2 N–H and O–H groups in total. The zero-order valence-electron chi connectivity index (χ0n) is 10.4. The van der Waals surface area contributed by atoms with E-state index < -0.39 is 24.0 Å². The van der Waals surface area contributed by atoms with E-state index in [1.165, 1.54) is 28.3 Å². The molecule has 0 aromatic heterocycles. The standard InChI is InChI=1S/C9H21NO5Si/c1-6(11)8(12)10-9(14-3,15-4)7(5-16)13-2/h6-7,11H,5H2,1-4,16H3,(H,10,12). The van der Waals surface area contributed by atoms with E-state index in [-0.39, 0.29) is 0 Å². The van der Waals surface area contributed by atoms with Crippen molar-refractivity contribution in [1.82, 2.24) is 5.32 Å². The average molecular weight is 251 g/mol. The predicted octanol–water partition coefficient (Wildman–Crippen LogP) is -1.77. The molecule has 16 heavy (non-hydrogen) atoms. The maximum atomic E-state index is 11.4. The number of methoxy groups -OCH3 is 3. The Morgan fingerprint density at radius 3 is 2.19 bits per heavy atom. The molecule has 0 spiro atoms. The number of aliphatic hydroxyl groups is 1. The molecule has 7 heteroatoms. The summed E-state index contributed by atoms with van der Waals surface area (Å²) in [5, 5.41) is 11.6. The molecule has 0 rings (SSSR count). The number of nitrogens with one attached hydrogen (secondary N) is 1. The van der Waals surface area contributed by atoms with E-state index in [0.717, 1.165) is 16.3 Å². The van der Waals surface area contributed by atoms with Gasteiger partial charge in [-0.1, -0.05) is 0 Å². The first-order chi connectivity index (χ1) is 7.47. The molecule has 6 nitrogen and oxygen atoms in total.